The van der Waals surface area contributed by atoms with Gasteiger partial charge in [0.25, 0.3) is 0 Å². The minimum absolute atomic E-state index is 0. The van der Waals surface area contributed by atoms with Gasteiger partial charge in [0, 0.05) is 30.4 Å². The normalized spacial score (nSPS) is 9.10. The van der Waals surface area contributed by atoms with Crippen molar-refractivity contribution >= 4 is 17.9 Å². The number of aromatic nitrogens is 4. The van der Waals surface area contributed by atoms with Crippen LogP contribution in [-0.4, -0.2) is 37.8 Å². The molecule has 5 aromatic rings. The number of carboxylic acids is 3. The number of carbonyl (C=O) groups excluding carboxylic acids is 3. The molecule has 214 valence electrons. The Morgan fingerprint density at radius 2 is 0.881 bits per heavy atom. The molecule has 0 aliphatic heterocycles. The first-order valence-electron chi connectivity index (χ1n) is 11.4. The Balaban J connectivity index is 0.000000284. The molecule has 0 bridgehead atoms. The molecule has 42 heavy (non-hydrogen) atoms. The molecule has 0 amide bonds. The van der Waals surface area contributed by atoms with E-state index in [1.54, 1.807) is 66.7 Å². The number of hydrogen-bond donors (Lipinski definition) is 0. The summed E-state index contributed by atoms with van der Waals surface area (Å²) in [5.74, 6) is -5.50. The summed E-state index contributed by atoms with van der Waals surface area (Å²) in [5.41, 5.74) is 0.530. The Morgan fingerprint density at radius 1 is 0.500 bits per heavy atom. The first kappa shape index (κ1) is 34.8. The van der Waals surface area contributed by atoms with Gasteiger partial charge in [0.2, 0.25) is 0 Å². The van der Waals surface area contributed by atoms with Crippen molar-refractivity contribution in [2.45, 2.75) is 0 Å². The fraction of sp³-hybridized carbons (Fsp3) is 0. The fourth-order valence-electron chi connectivity index (χ4n) is 2.67. The number of carbonyl (C=O) groups is 3. The van der Waals surface area contributed by atoms with Crippen LogP contribution in [0.5, 0.6) is 0 Å². The van der Waals surface area contributed by atoms with Crippen LogP contribution in [0.3, 0.4) is 0 Å². The van der Waals surface area contributed by atoms with E-state index in [4.69, 9.17) is 0 Å². The maximum absolute atomic E-state index is 13.2. The van der Waals surface area contributed by atoms with E-state index >= 15 is 0 Å². The van der Waals surface area contributed by atoms with E-state index in [1.807, 2.05) is 0 Å². The van der Waals surface area contributed by atoms with Crippen molar-refractivity contribution in [3.63, 3.8) is 0 Å². The van der Waals surface area contributed by atoms with Crippen LogP contribution in [0.4, 0.5) is 8.78 Å². The van der Waals surface area contributed by atoms with Gasteiger partial charge in [-0.1, -0.05) is 48.5 Å². The van der Waals surface area contributed by atoms with Crippen LogP contribution in [-0.2, 0) is 20.1 Å². The summed E-state index contributed by atoms with van der Waals surface area (Å²) in [6.45, 7) is 0. The van der Waals surface area contributed by atoms with Gasteiger partial charge in [0.1, 0.15) is 5.69 Å². The molecule has 0 atom stereocenters. The zero-order valence-corrected chi connectivity index (χ0v) is 23.7. The van der Waals surface area contributed by atoms with Gasteiger partial charge in [0.05, 0.1) is 35.0 Å². The molecule has 0 radical (unpaired) electrons. The number of aromatic carboxylic acids is 3. The van der Waals surface area contributed by atoms with Crippen LogP contribution in [0, 0.1) is 11.6 Å². The molecule has 0 aliphatic carbocycles. The molecule has 0 aliphatic rings. The van der Waals surface area contributed by atoms with Crippen LogP contribution in [0.15, 0.2) is 116 Å². The van der Waals surface area contributed by atoms with E-state index in [0.29, 0.717) is 5.56 Å². The fourth-order valence-corrected chi connectivity index (χ4v) is 2.67. The van der Waals surface area contributed by atoms with Gasteiger partial charge in [-0.05, 0) is 42.5 Å². The van der Waals surface area contributed by atoms with E-state index in [2.05, 4.69) is 19.9 Å². The van der Waals surface area contributed by atoms with Crippen molar-refractivity contribution in [3.05, 3.63) is 144 Å². The summed E-state index contributed by atoms with van der Waals surface area (Å²) >= 11 is 0. The van der Waals surface area contributed by atoms with Gasteiger partial charge >= 0.3 is 20.1 Å². The summed E-state index contributed by atoms with van der Waals surface area (Å²) in [5, 5.41) is 30.1. The molecular formula is C29H19F2IrN4O6. The average Bonchev–Trinajstić information content (AvgIpc) is 3.01. The molecule has 4 aromatic heterocycles. The van der Waals surface area contributed by atoms with Gasteiger partial charge in [-0.3, -0.25) is 19.9 Å². The second kappa shape index (κ2) is 18.9. The molecule has 0 fully saturated rings. The molecule has 10 nitrogen and oxygen atoms in total. The van der Waals surface area contributed by atoms with E-state index < -0.39 is 29.5 Å². The SMILES string of the molecule is Fc1ccnc(-c2ccccc2)c1F.O=C([O-])c1ccccn1.O=C([O-])c1ccccn1.O=C([O-])c1ccccn1.[Ir+3]. The number of pyridine rings is 4. The number of nitrogens with zero attached hydrogens (tertiary/aromatic N) is 4. The molecule has 0 saturated heterocycles. The van der Waals surface area contributed by atoms with Crippen LogP contribution >= 0.6 is 0 Å². The Labute approximate surface area is 251 Å². The summed E-state index contributed by atoms with van der Waals surface area (Å²) in [6, 6.07) is 23.6. The van der Waals surface area contributed by atoms with Crippen LogP contribution in [0.2, 0.25) is 0 Å². The molecule has 4 heterocycles. The van der Waals surface area contributed by atoms with Crippen LogP contribution in [0.25, 0.3) is 11.3 Å². The van der Waals surface area contributed by atoms with Gasteiger partial charge in [-0.25, -0.2) is 8.78 Å². The van der Waals surface area contributed by atoms with Crippen molar-refractivity contribution in [2.75, 3.05) is 0 Å². The van der Waals surface area contributed by atoms with Crippen LogP contribution < -0.4 is 15.3 Å². The van der Waals surface area contributed by atoms with Gasteiger partial charge < -0.3 is 29.7 Å². The first-order chi connectivity index (χ1) is 19.7. The first-order valence-corrected chi connectivity index (χ1v) is 11.4. The third kappa shape index (κ3) is 12.3. The summed E-state index contributed by atoms with van der Waals surface area (Å²) < 4.78 is 26.1. The molecule has 1 aromatic carbocycles. The second-order valence-corrected chi connectivity index (χ2v) is 7.33. The number of halogens is 2. The standard InChI is InChI=1S/C11H7F2N.3C6H5NO2.Ir/c12-9-6-7-14-11(10(9)13)8-4-2-1-3-5-8;3*8-6(9)5-3-1-2-4-7-5;/h1-7H;3*1-4H,(H,8,9);/q;;;;+3/p-3. The number of hydrogen-bond acceptors (Lipinski definition) is 10. The Morgan fingerprint density at radius 3 is 1.19 bits per heavy atom. The van der Waals surface area contributed by atoms with E-state index in [9.17, 15) is 38.5 Å². The Hall–Kier alpha value is -5.26. The number of benzene rings is 1. The quantitative estimate of drug-likeness (QED) is 0.261. The Bertz CT molecular complexity index is 1420. The average molecular weight is 750 g/mol. The topological polar surface area (TPSA) is 172 Å². The summed E-state index contributed by atoms with van der Waals surface area (Å²) in [4.78, 5) is 44.4. The summed E-state index contributed by atoms with van der Waals surface area (Å²) in [7, 11) is 0. The maximum atomic E-state index is 13.2. The number of rotatable bonds is 4. The van der Waals surface area contributed by atoms with E-state index in [0.717, 1.165) is 6.07 Å². The zero-order chi connectivity index (χ0) is 30.0. The molecule has 0 N–H and O–H groups in total. The van der Waals surface area contributed by atoms with Crippen molar-refractivity contribution < 1.29 is 58.6 Å². The van der Waals surface area contributed by atoms with Crippen molar-refractivity contribution in [2.24, 2.45) is 0 Å². The third-order valence-corrected chi connectivity index (χ3v) is 4.51. The van der Waals surface area contributed by atoms with Gasteiger partial charge in [-0.15, -0.1) is 0 Å². The largest absolute Gasteiger partial charge is 3.00 e. The zero-order valence-electron chi connectivity index (χ0n) is 21.3. The van der Waals surface area contributed by atoms with E-state index in [1.165, 1.54) is 43.0 Å². The molecule has 5 rings (SSSR count). The number of carboxylic acid groups (broad SMARTS) is 3. The van der Waals surface area contributed by atoms with Crippen molar-refractivity contribution in [1.29, 1.82) is 0 Å². The van der Waals surface area contributed by atoms with Crippen molar-refractivity contribution in [1.82, 2.24) is 19.9 Å². The molecule has 0 spiro atoms. The van der Waals surface area contributed by atoms with Crippen molar-refractivity contribution in [3.8, 4) is 11.3 Å². The molecule has 13 heteroatoms. The molecule has 0 saturated carbocycles. The smallest absolute Gasteiger partial charge is 0.543 e. The predicted octanol–water partition coefficient (Wildman–Crippen LogP) is 1.36. The third-order valence-electron chi connectivity index (χ3n) is 4.51. The van der Waals surface area contributed by atoms with Crippen LogP contribution in [0.1, 0.15) is 31.5 Å². The maximum Gasteiger partial charge on any atom is 3.00 e. The minimum Gasteiger partial charge on any atom is -0.543 e. The minimum atomic E-state index is -1.24. The Kier molecular flexibility index (Phi) is 15.7. The van der Waals surface area contributed by atoms with Gasteiger partial charge in [0.15, 0.2) is 11.6 Å². The molecule has 0 unspecified atom stereocenters. The second-order valence-electron chi connectivity index (χ2n) is 7.33. The molecular weight excluding hydrogens is 731 g/mol. The van der Waals surface area contributed by atoms with Gasteiger partial charge in [-0.2, -0.15) is 0 Å². The van der Waals surface area contributed by atoms with E-state index in [-0.39, 0.29) is 42.9 Å². The predicted molar refractivity (Wildman–Crippen MR) is 135 cm³/mol. The summed E-state index contributed by atoms with van der Waals surface area (Å²) in [6.07, 6.45) is 5.47. The monoisotopic (exact) mass is 750 g/mol.